The predicted molar refractivity (Wildman–Crippen MR) is 132 cm³/mol. The Morgan fingerprint density at radius 2 is 1.76 bits per heavy atom. The first-order valence-electron chi connectivity index (χ1n) is 9.45. The maximum Gasteiger partial charge on any atom is 0.272 e. The maximum absolute atomic E-state index is 13.0. The summed E-state index contributed by atoms with van der Waals surface area (Å²) in [5, 5.41) is 16.4. The van der Waals surface area contributed by atoms with Gasteiger partial charge in [0.05, 0.1) is 16.5 Å². The van der Waals surface area contributed by atoms with Crippen LogP contribution in [0.3, 0.4) is 0 Å². The third kappa shape index (κ3) is 6.50. The lowest BCUT2D eigenvalue weighted by Crippen LogP contribution is -2.30. The van der Waals surface area contributed by atoms with Crippen LogP contribution in [0.4, 0.5) is 11.4 Å². The van der Waals surface area contributed by atoms with Crippen LogP contribution >= 0.6 is 31.9 Å². The van der Waals surface area contributed by atoms with Crippen LogP contribution in [-0.2, 0) is 4.79 Å². The number of non-ortho nitro benzene ring substituents is 1. The summed E-state index contributed by atoms with van der Waals surface area (Å²) in [6.07, 6.45) is 1.37. The lowest BCUT2D eigenvalue weighted by atomic mass is 10.1. The molecule has 0 saturated heterocycles. The number of nitro benzene ring substituents is 1. The van der Waals surface area contributed by atoms with Crippen LogP contribution in [0.25, 0.3) is 6.08 Å². The van der Waals surface area contributed by atoms with Crippen molar-refractivity contribution in [2.75, 3.05) is 12.4 Å². The number of ether oxygens (including phenoxy) is 1. The van der Waals surface area contributed by atoms with Crippen LogP contribution in [0, 0.1) is 10.1 Å². The first-order valence-corrected chi connectivity index (χ1v) is 11.0. The lowest BCUT2D eigenvalue weighted by molar-refractivity contribution is -0.384. The van der Waals surface area contributed by atoms with Gasteiger partial charge in [0.25, 0.3) is 17.5 Å². The van der Waals surface area contributed by atoms with Crippen molar-refractivity contribution in [3.8, 4) is 5.75 Å². The Bertz CT molecular complexity index is 1240. The minimum atomic E-state index is -0.593. The molecule has 0 radical (unpaired) electrons. The number of benzene rings is 3. The van der Waals surface area contributed by atoms with Gasteiger partial charge in [0, 0.05) is 27.9 Å². The van der Waals surface area contributed by atoms with Crippen molar-refractivity contribution < 1.29 is 19.2 Å². The highest BCUT2D eigenvalue weighted by molar-refractivity contribution is 9.10. The van der Waals surface area contributed by atoms with Gasteiger partial charge < -0.3 is 15.4 Å². The van der Waals surface area contributed by atoms with Gasteiger partial charge in [-0.2, -0.15) is 0 Å². The molecule has 0 aromatic heterocycles. The highest BCUT2D eigenvalue weighted by Crippen LogP contribution is 2.26. The summed E-state index contributed by atoms with van der Waals surface area (Å²) in [6, 6.07) is 17.4. The highest BCUT2D eigenvalue weighted by atomic mass is 79.9. The van der Waals surface area contributed by atoms with Crippen molar-refractivity contribution in [3.63, 3.8) is 0 Å². The van der Waals surface area contributed by atoms with E-state index in [9.17, 15) is 19.7 Å². The lowest BCUT2D eigenvalue weighted by Gasteiger charge is -2.12. The van der Waals surface area contributed by atoms with Gasteiger partial charge in [0.2, 0.25) is 0 Å². The molecule has 0 aliphatic heterocycles. The van der Waals surface area contributed by atoms with E-state index in [1.54, 1.807) is 48.5 Å². The van der Waals surface area contributed by atoms with Crippen molar-refractivity contribution in [2.45, 2.75) is 0 Å². The number of methoxy groups -OCH3 is 1. The summed E-state index contributed by atoms with van der Waals surface area (Å²) < 4.78 is 6.58. The molecule has 0 bridgehead atoms. The van der Waals surface area contributed by atoms with Gasteiger partial charge in [-0.05, 0) is 70.0 Å². The zero-order chi connectivity index (χ0) is 24.0. The normalized spacial score (nSPS) is 10.9. The van der Waals surface area contributed by atoms with Gasteiger partial charge in [-0.25, -0.2) is 0 Å². The second-order valence-electron chi connectivity index (χ2n) is 6.67. The Morgan fingerprint density at radius 3 is 2.39 bits per heavy atom. The Balaban J connectivity index is 1.93. The quantitative estimate of drug-likeness (QED) is 0.219. The third-order valence-corrected chi connectivity index (χ3v) is 5.55. The topological polar surface area (TPSA) is 111 Å². The van der Waals surface area contributed by atoms with E-state index in [2.05, 4.69) is 42.5 Å². The summed E-state index contributed by atoms with van der Waals surface area (Å²) in [6.45, 7) is 0. The van der Waals surface area contributed by atoms with Gasteiger partial charge in [-0.15, -0.1) is 0 Å². The third-order valence-electron chi connectivity index (χ3n) is 4.40. The minimum absolute atomic E-state index is 0.0876. The first-order chi connectivity index (χ1) is 15.8. The molecule has 0 aliphatic rings. The Labute approximate surface area is 206 Å². The average molecular weight is 575 g/mol. The number of hydrogen-bond acceptors (Lipinski definition) is 5. The van der Waals surface area contributed by atoms with Gasteiger partial charge in [0.1, 0.15) is 11.4 Å². The molecular formula is C23H17Br2N3O5. The molecule has 33 heavy (non-hydrogen) atoms. The molecule has 3 aromatic rings. The van der Waals surface area contributed by atoms with Crippen LogP contribution in [0.15, 0.2) is 81.4 Å². The van der Waals surface area contributed by atoms with E-state index in [-0.39, 0.29) is 16.9 Å². The fraction of sp³-hybridized carbons (Fsp3) is 0.0435. The van der Waals surface area contributed by atoms with Gasteiger partial charge in [0.15, 0.2) is 0 Å². The molecule has 3 rings (SSSR count). The van der Waals surface area contributed by atoms with Crippen LogP contribution in [-0.4, -0.2) is 23.8 Å². The summed E-state index contributed by atoms with van der Waals surface area (Å²) in [7, 11) is 1.51. The molecule has 0 heterocycles. The molecule has 0 atom stereocenters. The van der Waals surface area contributed by atoms with Crippen molar-refractivity contribution in [1.29, 1.82) is 0 Å². The molecule has 10 heteroatoms. The summed E-state index contributed by atoms with van der Waals surface area (Å²) in [5.41, 5.74) is 0.942. The molecule has 8 nitrogen and oxygen atoms in total. The number of nitro groups is 1. The molecular weight excluding hydrogens is 558 g/mol. The molecule has 2 amide bonds. The van der Waals surface area contributed by atoms with E-state index in [1.807, 2.05) is 0 Å². The fourth-order valence-corrected chi connectivity index (χ4v) is 3.59. The van der Waals surface area contributed by atoms with E-state index in [4.69, 9.17) is 4.74 Å². The monoisotopic (exact) mass is 573 g/mol. The molecule has 2 N–H and O–H groups in total. The number of carbonyl (C=O) groups excluding carboxylic acids is 2. The van der Waals surface area contributed by atoms with Crippen LogP contribution in [0.2, 0.25) is 0 Å². The fourth-order valence-electron chi connectivity index (χ4n) is 2.79. The zero-order valence-corrected chi connectivity index (χ0v) is 20.3. The Morgan fingerprint density at radius 1 is 1.03 bits per heavy atom. The van der Waals surface area contributed by atoms with Crippen molar-refractivity contribution in [3.05, 3.63) is 103 Å². The number of nitrogens with zero attached hydrogens (tertiary/aromatic N) is 1. The highest BCUT2D eigenvalue weighted by Gasteiger charge is 2.17. The van der Waals surface area contributed by atoms with Crippen LogP contribution in [0.5, 0.6) is 5.75 Å². The smallest absolute Gasteiger partial charge is 0.272 e. The van der Waals surface area contributed by atoms with E-state index >= 15 is 0 Å². The molecule has 0 saturated carbocycles. The van der Waals surface area contributed by atoms with Crippen molar-refractivity contribution in [1.82, 2.24) is 5.32 Å². The van der Waals surface area contributed by atoms with Gasteiger partial charge in [-0.3, -0.25) is 19.7 Å². The zero-order valence-electron chi connectivity index (χ0n) is 17.2. The largest absolute Gasteiger partial charge is 0.496 e. The van der Waals surface area contributed by atoms with E-state index in [0.29, 0.717) is 21.5 Å². The van der Waals surface area contributed by atoms with Crippen LogP contribution in [0.1, 0.15) is 15.9 Å². The van der Waals surface area contributed by atoms with Gasteiger partial charge in [-0.1, -0.05) is 28.1 Å². The number of hydrogen-bond donors (Lipinski definition) is 2. The summed E-state index contributed by atoms with van der Waals surface area (Å²) >= 11 is 6.66. The second kappa shape index (κ2) is 10.9. The SMILES string of the molecule is COc1ccc(C(=O)NC(=Cc2cccc([N+](=O)[O-])c2)C(=O)Nc2ccc(Br)cc2)cc1Br. The average Bonchev–Trinajstić information content (AvgIpc) is 2.80. The van der Waals surface area contributed by atoms with E-state index in [1.165, 1.54) is 31.4 Å². The molecule has 0 fully saturated rings. The Hall–Kier alpha value is -3.50. The summed E-state index contributed by atoms with van der Waals surface area (Å²) in [5.74, 6) is -0.586. The number of amides is 2. The second-order valence-corrected chi connectivity index (χ2v) is 8.44. The van der Waals surface area contributed by atoms with Gasteiger partial charge >= 0.3 is 0 Å². The summed E-state index contributed by atoms with van der Waals surface area (Å²) in [4.78, 5) is 36.4. The van der Waals surface area contributed by atoms with E-state index in [0.717, 1.165) is 4.47 Å². The molecule has 0 unspecified atom stereocenters. The van der Waals surface area contributed by atoms with Crippen molar-refractivity contribution >= 4 is 61.1 Å². The standard InChI is InChI=1S/C23H17Br2N3O5/c1-33-21-10-5-15(13-19(21)25)22(29)27-20(12-14-3-2-4-18(11-14)28(31)32)23(30)26-17-8-6-16(24)7-9-17/h2-13H,1H3,(H,26,30)(H,27,29). The van der Waals surface area contributed by atoms with Crippen LogP contribution < -0.4 is 15.4 Å². The number of halogens is 2. The predicted octanol–water partition coefficient (Wildman–Crippen LogP) is 5.54. The van der Waals surface area contributed by atoms with Crippen molar-refractivity contribution in [2.24, 2.45) is 0 Å². The number of nitrogens with one attached hydrogen (secondary N) is 2. The van der Waals surface area contributed by atoms with E-state index < -0.39 is 16.7 Å². The molecule has 0 spiro atoms. The minimum Gasteiger partial charge on any atom is -0.496 e. The number of carbonyl (C=O) groups is 2. The molecule has 3 aromatic carbocycles. The molecule has 0 aliphatic carbocycles. The maximum atomic E-state index is 13.0. The first kappa shape index (κ1) is 24.1. The number of rotatable bonds is 7. The molecule has 168 valence electrons. The Kier molecular flexibility index (Phi) is 7.96. The number of anilines is 1.